The van der Waals surface area contributed by atoms with Crippen LogP contribution in [0.15, 0.2) is 16.6 Å². The van der Waals surface area contributed by atoms with Crippen LogP contribution in [0.25, 0.3) is 0 Å². The number of halogens is 1. The fraction of sp³-hybridized carbons (Fsp3) is 0.462. The van der Waals surface area contributed by atoms with Crippen molar-refractivity contribution in [1.29, 1.82) is 0 Å². The summed E-state index contributed by atoms with van der Waals surface area (Å²) in [7, 11) is 0. The Morgan fingerprint density at radius 1 is 1.50 bits per heavy atom. The Bertz CT molecular complexity index is 531. The van der Waals surface area contributed by atoms with Crippen molar-refractivity contribution in [3.63, 3.8) is 0 Å². The molecule has 2 N–H and O–H groups in total. The number of aliphatic hydroxyl groups is 1. The lowest BCUT2D eigenvalue weighted by Gasteiger charge is -2.15. The number of rotatable bonds is 5. The molecule has 1 aromatic rings. The Balaban J connectivity index is 2.91. The summed E-state index contributed by atoms with van der Waals surface area (Å²) >= 11 is 3.20. The first kappa shape index (κ1) is 16.6. The van der Waals surface area contributed by atoms with Crippen LogP contribution in [-0.2, 0) is 0 Å². The van der Waals surface area contributed by atoms with Gasteiger partial charge in [-0.3, -0.25) is 14.9 Å². The number of nitrogens with zero attached hydrogens (tertiary/aromatic N) is 1. The molecule has 0 spiro atoms. The van der Waals surface area contributed by atoms with Crippen molar-refractivity contribution in [1.82, 2.24) is 5.32 Å². The van der Waals surface area contributed by atoms with Gasteiger partial charge in [0.05, 0.1) is 11.0 Å². The minimum atomic E-state index is -0.650. The van der Waals surface area contributed by atoms with Crippen LogP contribution >= 0.6 is 15.9 Å². The molecule has 0 aliphatic rings. The maximum atomic E-state index is 11.9. The summed E-state index contributed by atoms with van der Waals surface area (Å²) in [4.78, 5) is 22.3. The molecule has 1 amide bonds. The summed E-state index contributed by atoms with van der Waals surface area (Å²) in [6.07, 6.45) is -0.650. The van der Waals surface area contributed by atoms with Gasteiger partial charge >= 0.3 is 0 Å². The van der Waals surface area contributed by atoms with Crippen molar-refractivity contribution in [2.45, 2.75) is 26.9 Å². The molecule has 0 fully saturated rings. The average Bonchev–Trinajstić information content (AvgIpc) is 2.37. The van der Waals surface area contributed by atoms with E-state index < -0.39 is 16.9 Å². The number of hydrogen-bond donors (Lipinski definition) is 2. The van der Waals surface area contributed by atoms with Gasteiger partial charge in [-0.25, -0.2) is 0 Å². The molecule has 110 valence electrons. The van der Waals surface area contributed by atoms with Gasteiger partial charge in [0.25, 0.3) is 11.6 Å². The van der Waals surface area contributed by atoms with Crippen molar-refractivity contribution >= 4 is 27.5 Å². The molecule has 0 saturated carbocycles. The topological polar surface area (TPSA) is 92.5 Å². The van der Waals surface area contributed by atoms with E-state index in [1.54, 1.807) is 6.92 Å². The van der Waals surface area contributed by atoms with Gasteiger partial charge < -0.3 is 10.4 Å². The first-order valence-corrected chi connectivity index (χ1v) is 6.94. The second-order valence-corrected chi connectivity index (χ2v) is 5.74. The highest BCUT2D eigenvalue weighted by Crippen LogP contribution is 2.27. The van der Waals surface area contributed by atoms with Crippen LogP contribution in [0.4, 0.5) is 5.69 Å². The summed E-state index contributed by atoms with van der Waals surface area (Å²) in [5.41, 5.74) is 0.535. The minimum absolute atomic E-state index is 0.0226. The quantitative estimate of drug-likeness (QED) is 0.633. The standard InChI is InChI=1S/C13H17BrN2O4/c1-7(2)12(17)6-15-13(18)9-4-10(14)8(3)11(5-9)16(19)20/h4-5,7,12,17H,6H2,1-3H3,(H,15,18). The number of benzene rings is 1. The average molecular weight is 345 g/mol. The third-order valence-corrected chi connectivity index (χ3v) is 3.84. The Labute approximate surface area is 125 Å². The van der Waals surface area contributed by atoms with E-state index in [9.17, 15) is 20.0 Å². The molecular formula is C13H17BrN2O4. The van der Waals surface area contributed by atoms with Crippen LogP contribution in [0, 0.1) is 23.0 Å². The molecule has 6 nitrogen and oxygen atoms in total. The van der Waals surface area contributed by atoms with Crippen LogP contribution in [-0.4, -0.2) is 28.6 Å². The van der Waals surface area contributed by atoms with Crippen LogP contribution in [0.2, 0.25) is 0 Å². The fourth-order valence-electron chi connectivity index (χ4n) is 1.52. The number of hydrogen-bond acceptors (Lipinski definition) is 4. The highest BCUT2D eigenvalue weighted by molar-refractivity contribution is 9.10. The molecule has 0 saturated heterocycles. The van der Waals surface area contributed by atoms with Crippen LogP contribution < -0.4 is 5.32 Å². The van der Waals surface area contributed by atoms with Crippen LogP contribution in [0.5, 0.6) is 0 Å². The lowest BCUT2D eigenvalue weighted by molar-refractivity contribution is -0.385. The first-order chi connectivity index (χ1) is 9.23. The molecule has 0 aliphatic carbocycles. The summed E-state index contributed by atoms with van der Waals surface area (Å²) in [5.74, 6) is -0.428. The summed E-state index contributed by atoms with van der Waals surface area (Å²) < 4.78 is 0.501. The van der Waals surface area contributed by atoms with Crippen LogP contribution in [0.3, 0.4) is 0 Å². The summed E-state index contributed by atoms with van der Waals surface area (Å²) in [5, 5.41) is 23.1. The number of amides is 1. The van der Waals surface area contributed by atoms with Gasteiger partial charge in [-0.1, -0.05) is 29.8 Å². The van der Waals surface area contributed by atoms with E-state index in [4.69, 9.17) is 0 Å². The van der Waals surface area contributed by atoms with Gasteiger partial charge in [0.1, 0.15) is 0 Å². The van der Waals surface area contributed by atoms with E-state index >= 15 is 0 Å². The Morgan fingerprint density at radius 2 is 2.10 bits per heavy atom. The normalized spacial score (nSPS) is 12.3. The number of nitrogens with one attached hydrogen (secondary N) is 1. The number of nitro groups is 1. The highest BCUT2D eigenvalue weighted by Gasteiger charge is 2.19. The Kier molecular flexibility index (Phi) is 5.64. The number of carbonyl (C=O) groups is 1. The Hall–Kier alpha value is -1.47. The monoisotopic (exact) mass is 344 g/mol. The van der Waals surface area contributed by atoms with Crippen molar-refractivity contribution in [3.05, 3.63) is 37.8 Å². The zero-order chi connectivity index (χ0) is 15.4. The highest BCUT2D eigenvalue weighted by atomic mass is 79.9. The second kappa shape index (κ2) is 6.81. The summed E-state index contributed by atoms with van der Waals surface area (Å²) in [6, 6.07) is 2.76. The minimum Gasteiger partial charge on any atom is -0.391 e. The van der Waals surface area contributed by atoms with Crippen molar-refractivity contribution in [3.8, 4) is 0 Å². The van der Waals surface area contributed by atoms with E-state index in [0.717, 1.165) is 0 Å². The smallest absolute Gasteiger partial charge is 0.274 e. The van der Waals surface area contributed by atoms with Gasteiger partial charge in [-0.15, -0.1) is 0 Å². The molecule has 1 aromatic carbocycles. The van der Waals surface area contributed by atoms with Gasteiger partial charge in [-0.05, 0) is 18.9 Å². The van der Waals surface area contributed by atoms with Crippen LogP contribution in [0.1, 0.15) is 29.8 Å². The molecule has 0 heterocycles. The van der Waals surface area contributed by atoms with Crippen molar-refractivity contribution in [2.24, 2.45) is 5.92 Å². The van der Waals surface area contributed by atoms with E-state index in [-0.39, 0.29) is 23.7 Å². The maximum absolute atomic E-state index is 11.9. The molecule has 20 heavy (non-hydrogen) atoms. The number of carbonyl (C=O) groups excluding carboxylic acids is 1. The third-order valence-electron chi connectivity index (χ3n) is 3.02. The Morgan fingerprint density at radius 3 is 2.60 bits per heavy atom. The van der Waals surface area contributed by atoms with E-state index in [2.05, 4.69) is 21.2 Å². The molecule has 0 bridgehead atoms. The molecule has 1 atom stereocenters. The van der Waals surface area contributed by atoms with E-state index in [1.165, 1.54) is 12.1 Å². The number of aliphatic hydroxyl groups excluding tert-OH is 1. The lowest BCUT2D eigenvalue weighted by Crippen LogP contribution is -2.34. The molecule has 0 radical (unpaired) electrons. The zero-order valence-corrected chi connectivity index (χ0v) is 13.1. The zero-order valence-electron chi connectivity index (χ0n) is 11.5. The van der Waals surface area contributed by atoms with Gasteiger partial charge in [0.2, 0.25) is 0 Å². The third kappa shape index (κ3) is 4.01. The SMILES string of the molecule is Cc1c(Br)cc(C(=O)NCC(O)C(C)C)cc1[N+](=O)[O-]. The predicted molar refractivity (Wildman–Crippen MR) is 78.7 cm³/mol. The fourth-order valence-corrected chi connectivity index (χ4v) is 1.97. The molecular weight excluding hydrogens is 328 g/mol. The lowest BCUT2D eigenvalue weighted by atomic mass is 10.1. The molecule has 1 rings (SSSR count). The molecule has 0 aromatic heterocycles. The molecule has 0 aliphatic heterocycles. The van der Waals surface area contributed by atoms with Crippen molar-refractivity contribution < 1.29 is 14.8 Å². The molecule has 1 unspecified atom stereocenters. The number of nitro benzene ring substituents is 1. The first-order valence-electron chi connectivity index (χ1n) is 6.14. The van der Waals surface area contributed by atoms with E-state index in [1.807, 2.05) is 13.8 Å². The predicted octanol–water partition coefficient (Wildman–Crippen LogP) is 2.41. The summed E-state index contributed by atoms with van der Waals surface area (Å²) in [6.45, 7) is 5.39. The van der Waals surface area contributed by atoms with Gasteiger partial charge in [0, 0.05) is 28.2 Å². The van der Waals surface area contributed by atoms with Crippen molar-refractivity contribution in [2.75, 3.05) is 6.54 Å². The maximum Gasteiger partial charge on any atom is 0.274 e. The van der Waals surface area contributed by atoms with Gasteiger partial charge in [0.15, 0.2) is 0 Å². The van der Waals surface area contributed by atoms with E-state index in [0.29, 0.717) is 10.0 Å². The largest absolute Gasteiger partial charge is 0.391 e. The van der Waals surface area contributed by atoms with Gasteiger partial charge in [-0.2, -0.15) is 0 Å². The molecule has 7 heteroatoms. The second-order valence-electron chi connectivity index (χ2n) is 4.88.